The molecule has 0 nitrogen and oxygen atoms in total. The Morgan fingerprint density at radius 1 is 0.450 bits per heavy atom. The summed E-state index contributed by atoms with van der Waals surface area (Å²) in [6.07, 6.45) is 28.4. The molecule has 0 radical (unpaired) electrons. The third kappa shape index (κ3) is 17.5. The zero-order valence-electron chi connectivity index (χ0n) is 14.2. The largest absolute Gasteiger partial charge is 0.0845 e. The van der Waals surface area contributed by atoms with Crippen LogP contribution >= 0.6 is 0 Å². The number of rotatable bonds is 15. The van der Waals surface area contributed by atoms with Crippen molar-refractivity contribution < 1.29 is 0 Å². The van der Waals surface area contributed by atoms with Crippen LogP contribution in [0.4, 0.5) is 0 Å². The van der Waals surface area contributed by atoms with Gasteiger partial charge in [0.2, 0.25) is 0 Å². The SMILES string of the molecule is CCCCCC/C=C/C=C/CCCCCCCCCC. The van der Waals surface area contributed by atoms with Gasteiger partial charge in [0.1, 0.15) is 0 Å². The first-order valence-corrected chi connectivity index (χ1v) is 9.23. The maximum atomic E-state index is 2.33. The minimum atomic E-state index is 1.25. The van der Waals surface area contributed by atoms with Gasteiger partial charge in [-0.3, -0.25) is 0 Å². The van der Waals surface area contributed by atoms with Crippen LogP contribution in [0.5, 0.6) is 0 Å². The smallest absolute Gasteiger partial charge is 0.0348 e. The van der Waals surface area contributed by atoms with E-state index >= 15 is 0 Å². The summed E-state index contributed by atoms with van der Waals surface area (Å²) in [6, 6.07) is 0. The fourth-order valence-electron chi connectivity index (χ4n) is 2.43. The van der Waals surface area contributed by atoms with E-state index in [2.05, 4.69) is 38.2 Å². The van der Waals surface area contributed by atoms with E-state index in [0.29, 0.717) is 0 Å². The highest BCUT2D eigenvalue weighted by Gasteiger charge is 1.90. The third-order valence-corrected chi connectivity index (χ3v) is 3.83. The molecule has 0 rings (SSSR count). The lowest BCUT2D eigenvalue weighted by molar-refractivity contribution is 0.577. The molecule has 0 amide bonds. The van der Waals surface area contributed by atoms with Gasteiger partial charge in [-0.1, -0.05) is 102 Å². The van der Waals surface area contributed by atoms with Crippen molar-refractivity contribution in [2.45, 2.75) is 104 Å². The molecule has 0 aliphatic carbocycles. The summed E-state index contributed by atoms with van der Waals surface area (Å²) in [5, 5.41) is 0. The first kappa shape index (κ1) is 19.5. The van der Waals surface area contributed by atoms with Crippen molar-refractivity contribution >= 4 is 0 Å². The van der Waals surface area contributed by atoms with Gasteiger partial charge in [-0.05, 0) is 25.7 Å². The Labute approximate surface area is 128 Å². The van der Waals surface area contributed by atoms with Crippen LogP contribution < -0.4 is 0 Å². The topological polar surface area (TPSA) is 0 Å². The van der Waals surface area contributed by atoms with E-state index in [1.807, 2.05) is 0 Å². The van der Waals surface area contributed by atoms with E-state index < -0.39 is 0 Å². The second kappa shape index (κ2) is 18.5. The van der Waals surface area contributed by atoms with Crippen LogP contribution in [0.2, 0.25) is 0 Å². The van der Waals surface area contributed by atoms with Crippen LogP contribution in [0.15, 0.2) is 24.3 Å². The van der Waals surface area contributed by atoms with E-state index in [4.69, 9.17) is 0 Å². The summed E-state index contributed by atoms with van der Waals surface area (Å²) in [7, 11) is 0. The lowest BCUT2D eigenvalue weighted by atomic mass is 10.1. The molecular weight excluding hydrogens is 240 g/mol. The van der Waals surface area contributed by atoms with Gasteiger partial charge in [0.15, 0.2) is 0 Å². The predicted molar refractivity (Wildman–Crippen MR) is 94.3 cm³/mol. The van der Waals surface area contributed by atoms with Gasteiger partial charge in [0.05, 0.1) is 0 Å². The molecular formula is C20H38. The van der Waals surface area contributed by atoms with Crippen LogP contribution in [0.25, 0.3) is 0 Å². The van der Waals surface area contributed by atoms with Crippen molar-refractivity contribution in [2.24, 2.45) is 0 Å². The molecule has 0 fully saturated rings. The maximum absolute atomic E-state index is 2.33. The molecule has 0 N–H and O–H groups in total. The summed E-state index contributed by atoms with van der Waals surface area (Å²) >= 11 is 0. The van der Waals surface area contributed by atoms with Crippen LogP contribution in [-0.4, -0.2) is 0 Å². The normalized spacial score (nSPS) is 11.9. The fourth-order valence-corrected chi connectivity index (χ4v) is 2.43. The Bertz CT molecular complexity index is 212. The molecule has 0 bridgehead atoms. The molecule has 0 saturated heterocycles. The first-order chi connectivity index (χ1) is 9.91. The lowest BCUT2D eigenvalue weighted by Crippen LogP contribution is -1.79. The zero-order chi connectivity index (χ0) is 14.7. The number of hydrogen-bond acceptors (Lipinski definition) is 0. The number of hydrogen-bond donors (Lipinski definition) is 0. The Balaban J connectivity index is 3.13. The Hall–Kier alpha value is -0.520. The second-order valence-corrected chi connectivity index (χ2v) is 5.97. The van der Waals surface area contributed by atoms with Gasteiger partial charge in [-0.25, -0.2) is 0 Å². The highest BCUT2D eigenvalue weighted by atomic mass is 14.0. The van der Waals surface area contributed by atoms with Crippen molar-refractivity contribution in [2.75, 3.05) is 0 Å². The molecule has 0 aromatic rings. The van der Waals surface area contributed by atoms with Crippen LogP contribution in [0, 0.1) is 0 Å². The Morgan fingerprint density at radius 3 is 1.25 bits per heavy atom. The highest BCUT2D eigenvalue weighted by Crippen LogP contribution is 2.09. The lowest BCUT2D eigenvalue weighted by Gasteiger charge is -1.99. The van der Waals surface area contributed by atoms with Crippen molar-refractivity contribution in [1.29, 1.82) is 0 Å². The maximum Gasteiger partial charge on any atom is -0.0348 e. The van der Waals surface area contributed by atoms with Crippen molar-refractivity contribution in [3.05, 3.63) is 24.3 Å². The molecule has 20 heavy (non-hydrogen) atoms. The predicted octanol–water partition coefficient (Wildman–Crippen LogP) is 7.60. The van der Waals surface area contributed by atoms with E-state index in [1.54, 1.807) is 0 Å². The van der Waals surface area contributed by atoms with Crippen LogP contribution in [-0.2, 0) is 0 Å². The Kier molecular flexibility index (Phi) is 18.0. The molecule has 0 aliphatic rings. The standard InChI is InChI=1S/C20H38/c1-3-5-7-9-11-13-15-17-19-20-18-16-14-12-10-8-6-4-2/h13,15,17,19H,3-12,14,16,18,20H2,1-2H3/b15-13+,19-17+. The summed E-state index contributed by atoms with van der Waals surface area (Å²) < 4.78 is 0. The fraction of sp³-hybridized carbons (Fsp3) is 0.800. The van der Waals surface area contributed by atoms with Crippen molar-refractivity contribution in [3.8, 4) is 0 Å². The Morgan fingerprint density at radius 2 is 0.800 bits per heavy atom. The van der Waals surface area contributed by atoms with Crippen LogP contribution in [0.1, 0.15) is 104 Å². The molecule has 0 atom stereocenters. The van der Waals surface area contributed by atoms with E-state index in [0.717, 1.165) is 0 Å². The van der Waals surface area contributed by atoms with Crippen LogP contribution in [0.3, 0.4) is 0 Å². The quantitative estimate of drug-likeness (QED) is 0.214. The van der Waals surface area contributed by atoms with Gasteiger partial charge in [0, 0.05) is 0 Å². The molecule has 0 aromatic heterocycles. The molecule has 0 heterocycles. The number of unbranched alkanes of at least 4 members (excludes halogenated alkanes) is 12. The average Bonchev–Trinajstić information content (AvgIpc) is 2.47. The van der Waals surface area contributed by atoms with Crippen molar-refractivity contribution in [1.82, 2.24) is 0 Å². The summed E-state index contributed by atoms with van der Waals surface area (Å²) in [5.74, 6) is 0. The van der Waals surface area contributed by atoms with Gasteiger partial charge in [-0.2, -0.15) is 0 Å². The van der Waals surface area contributed by atoms with Crippen molar-refractivity contribution in [3.63, 3.8) is 0 Å². The monoisotopic (exact) mass is 278 g/mol. The molecule has 0 spiro atoms. The third-order valence-electron chi connectivity index (χ3n) is 3.83. The molecule has 0 aliphatic heterocycles. The molecule has 0 aromatic carbocycles. The number of allylic oxidation sites excluding steroid dienone is 4. The second-order valence-electron chi connectivity index (χ2n) is 5.97. The molecule has 118 valence electrons. The minimum absolute atomic E-state index is 1.25. The summed E-state index contributed by atoms with van der Waals surface area (Å²) in [4.78, 5) is 0. The van der Waals surface area contributed by atoms with Gasteiger partial charge < -0.3 is 0 Å². The van der Waals surface area contributed by atoms with E-state index in [1.165, 1.54) is 89.9 Å². The summed E-state index contributed by atoms with van der Waals surface area (Å²) in [6.45, 7) is 4.55. The van der Waals surface area contributed by atoms with Gasteiger partial charge in [0.25, 0.3) is 0 Å². The molecule has 0 unspecified atom stereocenters. The summed E-state index contributed by atoms with van der Waals surface area (Å²) in [5.41, 5.74) is 0. The molecule has 0 heteroatoms. The average molecular weight is 279 g/mol. The minimum Gasteiger partial charge on any atom is -0.0845 e. The van der Waals surface area contributed by atoms with Gasteiger partial charge >= 0.3 is 0 Å². The molecule has 0 saturated carbocycles. The van der Waals surface area contributed by atoms with E-state index in [9.17, 15) is 0 Å². The van der Waals surface area contributed by atoms with E-state index in [-0.39, 0.29) is 0 Å². The van der Waals surface area contributed by atoms with Gasteiger partial charge in [-0.15, -0.1) is 0 Å². The first-order valence-electron chi connectivity index (χ1n) is 9.23. The highest BCUT2D eigenvalue weighted by molar-refractivity contribution is 5.02. The zero-order valence-corrected chi connectivity index (χ0v) is 14.2.